The second kappa shape index (κ2) is 2.71. The van der Waals surface area contributed by atoms with E-state index in [9.17, 15) is 9.50 Å². The van der Waals surface area contributed by atoms with Gasteiger partial charge in [-0.3, -0.25) is 0 Å². The summed E-state index contributed by atoms with van der Waals surface area (Å²) in [6.45, 7) is 0. The minimum absolute atomic E-state index is 0.291. The molecule has 4 atom stereocenters. The van der Waals surface area contributed by atoms with E-state index >= 15 is 0 Å². The summed E-state index contributed by atoms with van der Waals surface area (Å²) in [5.41, 5.74) is 0. The van der Waals surface area contributed by atoms with Crippen molar-refractivity contribution in [2.75, 3.05) is 5.75 Å². The van der Waals surface area contributed by atoms with Crippen molar-refractivity contribution in [3.8, 4) is 0 Å². The third-order valence-electron chi connectivity index (χ3n) is 2.33. The monoisotopic (exact) mass is 290 g/mol. The van der Waals surface area contributed by atoms with Crippen molar-refractivity contribution in [1.82, 2.24) is 0 Å². The molecule has 1 heterocycles. The molecular weight excluding hydrogens is 282 g/mol. The molecule has 11 heavy (non-hydrogen) atoms. The van der Waals surface area contributed by atoms with Gasteiger partial charge in [0, 0.05) is 5.75 Å². The van der Waals surface area contributed by atoms with Crippen molar-refractivity contribution in [3.63, 3.8) is 0 Å². The van der Waals surface area contributed by atoms with Crippen molar-refractivity contribution in [2.45, 2.75) is 29.5 Å². The molecule has 0 aromatic carbocycles. The molecule has 1 unspecified atom stereocenters. The number of thioether (sulfide) groups is 1. The van der Waals surface area contributed by atoms with E-state index in [1.807, 2.05) is 0 Å². The van der Waals surface area contributed by atoms with E-state index in [-0.39, 0.29) is 10.9 Å². The first-order chi connectivity index (χ1) is 5.20. The van der Waals surface area contributed by atoms with Gasteiger partial charge in [0.05, 0.1) is 10.9 Å². The Morgan fingerprint density at radius 2 is 2.36 bits per heavy atom. The molecule has 0 bridgehead atoms. The molecule has 0 aromatic heterocycles. The average Bonchev–Trinajstić information content (AvgIpc) is 2.48. The fourth-order valence-electron chi connectivity index (χ4n) is 1.55. The van der Waals surface area contributed by atoms with Crippen molar-refractivity contribution in [3.05, 3.63) is 0 Å². The molecule has 2 fully saturated rings. The second-order valence-electron chi connectivity index (χ2n) is 3.01. The summed E-state index contributed by atoms with van der Waals surface area (Å²) in [6.07, 6.45) is -0.976. The molecule has 1 spiro atoms. The van der Waals surface area contributed by atoms with Crippen molar-refractivity contribution in [1.29, 1.82) is 0 Å². The van der Waals surface area contributed by atoms with E-state index in [0.717, 1.165) is 0 Å². The number of hydrogen-bond acceptors (Lipinski definition) is 3. The standard InChI is InChI=1S/C6H8FIO2S/c7-3-2-11-6(1-4(6)9)5(3)10-8/h3-5,9H,1-2H2/t3-,4?,5+,6-/m1/s1. The number of aliphatic hydroxyl groups is 1. The van der Waals surface area contributed by atoms with E-state index in [2.05, 4.69) is 0 Å². The van der Waals surface area contributed by atoms with Gasteiger partial charge in [0.1, 0.15) is 35.3 Å². The summed E-state index contributed by atoms with van der Waals surface area (Å²) in [6, 6.07) is 0. The van der Waals surface area contributed by atoms with Gasteiger partial charge in [-0.1, -0.05) is 0 Å². The predicted molar refractivity (Wildman–Crippen MR) is 49.6 cm³/mol. The van der Waals surface area contributed by atoms with Crippen LogP contribution in [0.3, 0.4) is 0 Å². The number of alkyl halides is 1. The Labute approximate surface area is 82.6 Å². The van der Waals surface area contributed by atoms with Crippen LogP contribution in [0.4, 0.5) is 4.39 Å². The molecule has 1 N–H and O–H groups in total. The van der Waals surface area contributed by atoms with Gasteiger partial charge < -0.3 is 8.17 Å². The van der Waals surface area contributed by atoms with Crippen LogP contribution < -0.4 is 0 Å². The minimum atomic E-state index is -0.908. The van der Waals surface area contributed by atoms with Crippen LogP contribution in [0.1, 0.15) is 6.42 Å². The van der Waals surface area contributed by atoms with Gasteiger partial charge in [-0.05, 0) is 6.42 Å². The maximum Gasteiger partial charge on any atom is 0.138 e. The highest BCUT2D eigenvalue weighted by atomic mass is 127. The zero-order valence-electron chi connectivity index (χ0n) is 5.67. The zero-order valence-corrected chi connectivity index (χ0v) is 8.64. The highest BCUT2D eigenvalue weighted by Crippen LogP contribution is 2.58. The lowest BCUT2D eigenvalue weighted by molar-refractivity contribution is 0.140. The van der Waals surface area contributed by atoms with Crippen LogP contribution in [-0.4, -0.2) is 34.0 Å². The van der Waals surface area contributed by atoms with Crippen LogP contribution >= 0.6 is 34.8 Å². The smallest absolute Gasteiger partial charge is 0.138 e. The molecule has 1 saturated heterocycles. The fourth-order valence-corrected chi connectivity index (χ4v) is 3.96. The third-order valence-corrected chi connectivity index (χ3v) is 4.58. The van der Waals surface area contributed by atoms with Gasteiger partial charge in [-0.2, -0.15) is 0 Å². The van der Waals surface area contributed by atoms with Crippen LogP contribution in [0.5, 0.6) is 0 Å². The fraction of sp³-hybridized carbons (Fsp3) is 1.00. The van der Waals surface area contributed by atoms with Crippen molar-refractivity contribution in [2.24, 2.45) is 0 Å². The molecule has 0 amide bonds. The molecule has 5 heteroatoms. The molecule has 2 nitrogen and oxygen atoms in total. The summed E-state index contributed by atoms with van der Waals surface area (Å²) < 4.78 is 17.7. The van der Waals surface area contributed by atoms with Crippen LogP contribution in [0.15, 0.2) is 0 Å². The molecule has 64 valence electrons. The number of aliphatic hydroxyl groups excluding tert-OH is 1. The van der Waals surface area contributed by atoms with Crippen LogP contribution in [-0.2, 0) is 3.07 Å². The molecule has 1 aliphatic heterocycles. The van der Waals surface area contributed by atoms with Gasteiger partial charge in [0.25, 0.3) is 0 Å². The number of hydrogen-bond donors (Lipinski definition) is 1. The van der Waals surface area contributed by atoms with Gasteiger partial charge in [-0.25, -0.2) is 4.39 Å². The first kappa shape index (κ1) is 8.52. The van der Waals surface area contributed by atoms with Crippen LogP contribution in [0.2, 0.25) is 0 Å². The quantitative estimate of drug-likeness (QED) is 0.738. The first-order valence-electron chi connectivity index (χ1n) is 3.44. The largest absolute Gasteiger partial charge is 0.392 e. The molecule has 1 saturated carbocycles. The average molecular weight is 290 g/mol. The van der Waals surface area contributed by atoms with E-state index in [4.69, 9.17) is 3.07 Å². The van der Waals surface area contributed by atoms with E-state index in [1.54, 1.807) is 23.0 Å². The molecule has 0 aromatic rings. The highest BCUT2D eigenvalue weighted by molar-refractivity contribution is 14.1. The van der Waals surface area contributed by atoms with Crippen molar-refractivity contribution >= 4 is 34.8 Å². The van der Waals surface area contributed by atoms with Gasteiger partial charge in [0.2, 0.25) is 0 Å². The first-order valence-corrected chi connectivity index (χ1v) is 5.31. The summed E-state index contributed by atoms with van der Waals surface area (Å²) in [7, 11) is 0. The Hall–Kier alpha value is 0.930. The molecule has 2 aliphatic rings. The Morgan fingerprint density at radius 3 is 2.73 bits per heavy atom. The zero-order chi connectivity index (χ0) is 8.06. The SMILES string of the molecule is OC1C[C@@]12SC[C@@H](F)[C@@H]2OI. The molecule has 2 rings (SSSR count). The Bertz CT molecular complexity index is 182. The summed E-state index contributed by atoms with van der Waals surface area (Å²) >= 11 is 3.22. The van der Waals surface area contributed by atoms with Crippen LogP contribution in [0, 0.1) is 0 Å². The number of halogens is 2. The normalized spacial score (nSPS) is 55.4. The summed E-state index contributed by atoms with van der Waals surface area (Å²) in [4.78, 5) is 0. The maximum absolute atomic E-state index is 13.0. The highest BCUT2D eigenvalue weighted by Gasteiger charge is 2.66. The lowest BCUT2D eigenvalue weighted by atomic mass is 10.1. The molecule has 1 aliphatic carbocycles. The summed E-state index contributed by atoms with van der Waals surface area (Å²) in [5.74, 6) is 0.463. The van der Waals surface area contributed by atoms with Crippen LogP contribution in [0.25, 0.3) is 0 Å². The third kappa shape index (κ3) is 1.12. The Morgan fingerprint density at radius 1 is 1.73 bits per heavy atom. The van der Waals surface area contributed by atoms with Gasteiger partial charge in [0.15, 0.2) is 0 Å². The number of rotatable bonds is 1. The van der Waals surface area contributed by atoms with E-state index < -0.39 is 12.3 Å². The van der Waals surface area contributed by atoms with Gasteiger partial charge in [-0.15, -0.1) is 11.8 Å². The topological polar surface area (TPSA) is 29.5 Å². The Kier molecular flexibility index (Phi) is 2.10. The minimum Gasteiger partial charge on any atom is -0.392 e. The van der Waals surface area contributed by atoms with Crippen molar-refractivity contribution < 1.29 is 12.6 Å². The maximum atomic E-state index is 13.0. The summed E-state index contributed by atoms with van der Waals surface area (Å²) in [5, 5.41) is 9.27. The molecule has 0 radical (unpaired) electrons. The lowest BCUT2D eigenvalue weighted by Gasteiger charge is -2.15. The predicted octanol–water partition coefficient (Wildman–Crippen LogP) is 1.31. The van der Waals surface area contributed by atoms with E-state index in [0.29, 0.717) is 12.2 Å². The Balaban J connectivity index is 2.12. The van der Waals surface area contributed by atoms with E-state index in [1.165, 1.54) is 11.8 Å². The lowest BCUT2D eigenvalue weighted by Crippen LogP contribution is -2.30. The van der Waals surface area contributed by atoms with Gasteiger partial charge >= 0.3 is 0 Å². The second-order valence-corrected chi connectivity index (χ2v) is 4.90. The molecular formula is C6H8FIO2S.